The number of hydrogen-bond donors (Lipinski definition) is 2. The van der Waals surface area contributed by atoms with Gasteiger partial charge >= 0.3 is 0 Å². The molecule has 1 aromatic heterocycles. The van der Waals surface area contributed by atoms with Gasteiger partial charge in [0, 0.05) is 6.54 Å². The van der Waals surface area contributed by atoms with E-state index in [1.165, 1.54) is 11.9 Å². The Labute approximate surface area is 112 Å². The summed E-state index contributed by atoms with van der Waals surface area (Å²) in [6.07, 6.45) is 1.50. The van der Waals surface area contributed by atoms with E-state index in [1.807, 2.05) is 18.2 Å². The van der Waals surface area contributed by atoms with E-state index >= 15 is 0 Å². The third-order valence-electron chi connectivity index (χ3n) is 3.43. The zero-order valence-corrected chi connectivity index (χ0v) is 11.0. The summed E-state index contributed by atoms with van der Waals surface area (Å²) in [4.78, 5) is 8.38. The van der Waals surface area contributed by atoms with Crippen molar-refractivity contribution in [3.05, 3.63) is 42.2 Å². The molecule has 1 aromatic carbocycles. The summed E-state index contributed by atoms with van der Waals surface area (Å²) in [6, 6.07) is 10.3. The smallest absolute Gasteiger partial charge is 0.242 e. The molecule has 2 heterocycles. The SMILES string of the molecule is COc1ncnc2c1NCC(C)(c1ccccc1)N2. The number of benzene rings is 1. The van der Waals surface area contributed by atoms with Crippen molar-refractivity contribution in [2.24, 2.45) is 0 Å². The van der Waals surface area contributed by atoms with Gasteiger partial charge in [-0.25, -0.2) is 4.98 Å². The number of methoxy groups -OCH3 is 1. The topological polar surface area (TPSA) is 59.1 Å². The van der Waals surface area contributed by atoms with Crippen LogP contribution < -0.4 is 15.4 Å². The molecule has 0 aliphatic carbocycles. The van der Waals surface area contributed by atoms with E-state index in [1.54, 1.807) is 7.11 Å². The maximum atomic E-state index is 5.23. The number of ether oxygens (including phenoxy) is 1. The van der Waals surface area contributed by atoms with E-state index in [0.717, 1.165) is 18.1 Å². The van der Waals surface area contributed by atoms with E-state index in [2.05, 4.69) is 39.7 Å². The van der Waals surface area contributed by atoms with Gasteiger partial charge < -0.3 is 15.4 Å². The van der Waals surface area contributed by atoms with Crippen LogP contribution in [0.2, 0.25) is 0 Å². The molecule has 98 valence electrons. The van der Waals surface area contributed by atoms with Crippen LogP contribution in [-0.4, -0.2) is 23.6 Å². The summed E-state index contributed by atoms with van der Waals surface area (Å²) in [5, 5.41) is 6.83. The number of aromatic nitrogens is 2. The van der Waals surface area contributed by atoms with Gasteiger partial charge in [0.05, 0.1) is 12.6 Å². The van der Waals surface area contributed by atoms with Crippen LogP contribution in [0.5, 0.6) is 5.88 Å². The number of hydrogen-bond acceptors (Lipinski definition) is 5. The average molecular weight is 256 g/mol. The molecule has 1 atom stereocenters. The zero-order chi connectivity index (χ0) is 13.3. The van der Waals surface area contributed by atoms with Gasteiger partial charge in [-0.05, 0) is 12.5 Å². The Hall–Kier alpha value is -2.30. The van der Waals surface area contributed by atoms with E-state index in [4.69, 9.17) is 4.74 Å². The summed E-state index contributed by atoms with van der Waals surface area (Å²) < 4.78 is 5.23. The highest BCUT2D eigenvalue weighted by molar-refractivity contribution is 5.73. The Morgan fingerprint density at radius 3 is 2.74 bits per heavy atom. The maximum Gasteiger partial charge on any atom is 0.242 e. The molecule has 2 aromatic rings. The molecule has 1 aliphatic heterocycles. The fourth-order valence-corrected chi connectivity index (χ4v) is 2.33. The first-order valence-corrected chi connectivity index (χ1v) is 6.19. The zero-order valence-electron chi connectivity index (χ0n) is 11.0. The molecule has 0 bridgehead atoms. The fraction of sp³-hybridized carbons (Fsp3) is 0.286. The van der Waals surface area contributed by atoms with Crippen molar-refractivity contribution >= 4 is 11.5 Å². The van der Waals surface area contributed by atoms with Gasteiger partial charge in [-0.2, -0.15) is 4.98 Å². The van der Waals surface area contributed by atoms with Crippen molar-refractivity contribution in [2.75, 3.05) is 24.3 Å². The summed E-state index contributed by atoms with van der Waals surface area (Å²) in [6.45, 7) is 2.89. The van der Waals surface area contributed by atoms with Crippen LogP contribution >= 0.6 is 0 Å². The Morgan fingerprint density at radius 1 is 1.21 bits per heavy atom. The first kappa shape index (κ1) is 11.8. The molecule has 0 spiro atoms. The molecule has 0 saturated heterocycles. The van der Waals surface area contributed by atoms with E-state index in [-0.39, 0.29) is 5.54 Å². The lowest BCUT2D eigenvalue weighted by Crippen LogP contribution is -2.43. The predicted molar refractivity (Wildman–Crippen MR) is 74.5 cm³/mol. The van der Waals surface area contributed by atoms with Crippen molar-refractivity contribution < 1.29 is 4.74 Å². The fourth-order valence-electron chi connectivity index (χ4n) is 2.33. The van der Waals surface area contributed by atoms with Crippen molar-refractivity contribution in [3.63, 3.8) is 0 Å². The highest BCUT2D eigenvalue weighted by Gasteiger charge is 2.33. The molecule has 5 nitrogen and oxygen atoms in total. The molecule has 0 amide bonds. The lowest BCUT2D eigenvalue weighted by molar-refractivity contribution is 0.397. The molecule has 1 aliphatic rings. The van der Waals surface area contributed by atoms with Gasteiger partial charge in [0.2, 0.25) is 5.88 Å². The standard InChI is InChI=1S/C14H16N4O/c1-14(10-6-4-3-5-7-10)8-15-11-12(18-14)16-9-17-13(11)19-2/h3-7,9,15H,8H2,1-2H3,(H,16,17,18). The quantitative estimate of drug-likeness (QED) is 0.863. The van der Waals surface area contributed by atoms with Gasteiger partial charge in [-0.15, -0.1) is 0 Å². The van der Waals surface area contributed by atoms with Crippen molar-refractivity contribution in [1.29, 1.82) is 0 Å². The molecule has 2 N–H and O–H groups in total. The molecule has 0 radical (unpaired) electrons. The highest BCUT2D eigenvalue weighted by atomic mass is 16.5. The second-order valence-electron chi connectivity index (χ2n) is 4.78. The van der Waals surface area contributed by atoms with Gasteiger partial charge in [-0.3, -0.25) is 0 Å². The summed E-state index contributed by atoms with van der Waals surface area (Å²) >= 11 is 0. The average Bonchev–Trinajstić information content (AvgIpc) is 2.47. The van der Waals surface area contributed by atoms with Crippen LogP contribution in [-0.2, 0) is 5.54 Å². The molecule has 1 unspecified atom stereocenters. The maximum absolute atomic E-state index is 5.23. The van der Waals surface area contributed by atoms with Gasteiger partial charge in [0.25, 0.3) is 0 Å². The molecule has 0 fully saturated rings. The first-order valence-electron chi connectivity index (χ1n) is 6.19. The van der Waals surface area contributed by atoms with Crippen LogP contribution in [0.15, 0.2) is 36.7 Å². The second-order valence-corrected chi connectivity index (χ2v) is 4.78. The van der Waals surface area contributed by atoms with E-state index in [0.29, 0.717) is 5.88 Å². The minimum atomic E-state index is -0.201. The van der Waals surface area contributed by atoms with Crippen LogP contribution in [0.4, 0.5) is 11.5 Å². The van der Waals surface area contributed by atoms with Crippen LogP contribution in [0.25, 0.3) is 0 Å². The monoisotopic (exact) mass is 256 g/mol. The van der Waals surface area contributed by atoms with Gasteiger partial charge in [0.1, 0.15) is 12.0 Å². The summed E-state index contributed by atoms with van der Waals surface area (Å²) in [7, 11) is 1.61. The Kier molecular flexibility index (Phi) is 2.74. The first-order chi connectivity index (χ1) is 9.23. The summed E-state index contributed by atoms with van der Waals surface area (Å²) in [5.74, 6) is 1.33. The molecule has 0 saturated carbocycles. The van der Waals surface area contributed by atoms with Crippen LogP contribution in [0, 0.1) is 0 Å². The van der Waals surface area contributed by atoms with Crippen molar-refractivity contribution in [3.8, 4) is 5.88 Å². The third-order valence-corrected chi connectivity index (χ3v) is 3.43. The minimum Gasteiger partial charge on any atom is -0.479 e. The number of fused-ring (bicyclic) bond motifs is 1. The normalized spacial score (nSPS) is 20.9. The molecule has 3 rings (SSSR count). The van der Waals surface area contributed by atoms with Crippen molar-refractivity contribution in [1.82, 2.24) is 9.97 Å². The van der Waals surface area contributed by atoms with Gasteiger partial charge in [0.15, 0.2) is 5.82 Å². The molecule has 19 heavy (non-hydrogen) atoms. The molecular formula is C14H16N4O. The lowest BCUT2D eigenvalue weighted by atomic mass is 9.90. The van der Waals surface area contributed by atoms with Crippen LogP contribution in [0.3, 0.4) is 0 Å². The van der Waals surface area contributed by atoms with E-state index < -0.39 is 0 Å². The number of rotatable bonds is 2. The highest BCUT2D eigenvalue weighted by Crippen LogP contribution is 2.37. The second kappa shape index (κ2) is 4.42. The lowest BCUT2D eigenvalue weighted by Gasteiger charge is -2.37. The van der Waals surface area contributed by atoms with Gasteiger partial charge in [-0.1, -0.05) is 30.3 Å². The third kappa shape index (κ3) is 1.97. The predicted octanol–water partition coefficient (Wildman–Crippen LogP) is 2.24. The Bertz CT molecular complexity index is 587. The summed E-state index contributed by atoms with van der Waals surface area (Å²) in [5.41, 5.74) is 1.83. The number of nitrogens with one attached hydrogen (secondary N) is 2. The van der Waals surface area contributed by atoms with Crippen molar-refractivity contribution in [2.45, 2.75) is 12.5 Å². The largest absolute Gasteiger partial charge is 0.479 e. The number of nitrogens with zero attached hydrogens (tertiary/aromatic N) is 2. The van der Waals surface area contributed by atoms with Crippen LogP contribution in [0.1, 0.15) is 12.5 Å². The number of anilines is 2. The molecular weight excluding hydrogens is 240 g/mol. The minimum absolute atomic E-state index is 0.201. The Morgan fingerprint density at radius 2 is 2.00 bits per heavy atom. The molecule has 5 heteroatoms. The van der Waals surface area contributed by atoms with E-state index in [9.17, 15) is 0 Å². The Balaban J connectivity index is 1.98.